The summed E-state index contributed by atoms with van der Waals surface area (Å²) in [6, 6.07) is 4.03. The van der Waals surface area contributed by atoms with Crippen molar-refractivity contribution in [2.45, 2.75) is 13.5 Å². The zero-order valence-electron chi connectivity index (χ0n) is 11.0. The van der Waals surface area contributed by atoms with Crippen LogP contribution in [0.4, 0.5) is 0 Å². The third kappa shape index (κ3) is 4.23. The highest BCUT2D eigenvalue weighted by Crippen LogP contribution is 2.39. The highest BCUT2D eigenvalue weighted by atomic mass is 79.9. The van der Waals surface area contributed by atoms with Crippen LogP contribution in [-0.2, 0) is 11.3 Å². The number of benzene rings is 1. The average Bonchev–Trinajstić information content (AvgIpc) is 2.82. The van der Waals surface area contributed by atoms with Crippen LogP contribution in [0.15, 0.2) is 28.8 Å². The zero-order chi connectivity index (χ0) is 13.7. The molecule has 0 radical (unpaired) electrons. The van der Waals surface area contributed by atoms with Gasteiger partial charge in [0, 0.05) is 13.1 Å². The smallest absolute Gasteiger partial charge is 0.231 e. The van der Waals surface area contributed by atoms with E-state index in [2.05, 4.69) is 27.8 Å². The van der Waals surface area contributed by atoms with E-state index >= 15 is 0 Å². The summed E-state index contributed by atoms with van der Waals surface area (Å²) in [5.74, 6) is 1.58. The molecule has 2 rings (SSSR count). The molecule has 1 heterocycles. The molecule has 0 bridgehead atoms. The lowest BCUT2D eigenvalue weighted by Crippen LogP contribution is -2.19. The molecule has 1 N–H and O–H groups in total. The van der Waals surface area contributed by atoms with E-state index in [1.165, 1.54) is 0 Å². The van der Waals surface area contributed by atoms with Crippen LogP contribution >= 0.6 is 15.9 Å². The van der Waals surface area contributed by atoms with Gasteiger partial charge in [-0.1, -0.05) is 12.2 Å². The second-order valence-corrected chi connectivity index (χ2v) is 5.35. The number of nitrogens with one attached hydrogen (secondary N) is 1. The van der Waals surface area contributed by atoms with E-state index in [1.807, 2.05) is 19.1 Å². The van der Waals surface area contributed by atoms with E-state index in [4.69, 9.17) is 14.2 Å². The highest BCUT2D eigenvalue weighted by Gasteiger charge is 2.17. The van der Waals surface area contributed by atoms with Crippen LogP contribution in [0.3, 0.4) is 0 Å². The number of fused-ring (bicyclic) bond motifs is 1. The van der Waals surface area contributed by atoms with E-state index in [0.29, 0.717) is 20.0 Å². The minimum absolute atomic E-state index is 0.291. The largest absolute Gasteiger partial charge is 0.454 e. The summed E-state index contributed by atoms with van der Waals surface area (Å²) in [5, 5.41) is 3.32. The Kier molecular flexibility index (Phi) is 5.24. The van der Waals surface area contributed by atoms with E-state index in [9.17, 15) is 0 Å². The van der Waals surface area contributed by atoms with Crippen LogP contribution in [0.25, 0.3) is 0 Å². The summed E-state index contributed by atoms with van der Waals surface area (Å²) in [6.45, 7) is 8.91. The second-order valence-electron chi connectivity index (χ2n) is 4.50. The van der Waals surface area contributed by atoms with Crippen LogP contribution in [0, 0.1) is 0 Å². The first kappa shape index (κ1) is 14.4. The Labute approximate surface area is 121 Å². The van der Waals surface area contributed by atoms with Crippen molar-refractivity contribution in [2.24, 2.45) is 0 Å². The van der Waals surface area contributed by atoms with Crippen LogP contribution in [0.5, 0.6) is 11.5 Å². The lowest BCUT2D eigenvalue weighted by atomic mass is 10.2. The zero-order valence-corrected chi connectivity index (χ0v) is 12.6. The fraction of sp³-hybridized carbons (Fsp3) is 0.429. The molecule has 1 aromatic rings. The lowest BCUT2D eigenvalue weighted by molar-refractivity contribution is 0.157. The Hall–Kier alpha value is -1.04. The maximum absolute atomic E-state index is 5.41. The summed E-state index contributed by atoms with van der Waals surface area (Å²) in [7, 11) is 0. The molecule has 104 valence electrons. The maximum atomic E-state index is 5.41. The fourth-order valence-corrected chi connectivity index (χ4v) is 2.35. The van der Waals surface area contributed by atoms with E-state index < -0.39 is 0 Å². The van der Waals surface area contributed by atoms with Gasteiger partial charge in [0.25, 0.3) is 0 Å². The molecule has 0 unspecified atom stereocenters. The van der Waals surface area contributed by atoms with Gasteiger partial charge in [-0.3, -0.25) is 0 Å². The third-order valence-corrected chi connectivity index (χ3v) is 3.18. The number of rotatable bonds is 7. The topological polar surface area (TPSA) is 39.7 Å². The summed E-state index contributed by atoms with van der Waals surface area (Å²) in [6.07, 6.45) is 0. The molecule has 0 saturated carbocycles. The van der Waals surface area contributed by atoms with E-state index in [1.54, 1.807) is 0 Å². The predicted octanol–water partition coefficient (Wildman–Crippen LogP) is 2.86. The van der Waals surface area contributed by atoms with E-state index in [-0.39, 0.29) is 0 Å². The van der Waals surface area contributed by atoms with E-state index in [0.717, 1.165) is 40.2 Å². The minimum atomic E-state index is 0.291. The van der Waals surface area contributed by atoms with Crippen molar-refractivity contribution in [3.63, 3.8) is 0 Å². The van der Waals surface area contributed by atoms with Gasteiger partial charge in [0.1, 0.15) is 0 Å². The average molecular weight is 328 g/mol. The van der Waals surface area contributed by atoms with Crippen molar-refractivity contribution in [2.75, 3.05) is 26.6 Å². The number of ether oxygens (including phenoxy) is 3. The molecular weight excluding hydrogens is 310 g/mol. The van der Waals surface area contributed by atoms with Gasteiger partial charge in [-0.15, -0.1) is 0 Å². The monoisotopic (exact) mass is 327 g/mol. The van der Waals surface area contributed by atoms with Crippen molar-refractivity contribution < 1.29 is 14.2 Å². The SMILES string of the molecule is C=C(C)COCCNCc1cc(Br)c2c(c1)OCO2. The normalized spacial score (nSPS) is 12.7. The highest BCUT2D eigenvalue weighted by molar-refractivity contribution is 9.10. The summed E-state index contributed by atoms with van der Waals surface area (Å²) < 4.78 is 17.1. The molecule has 1 aliphatic heterocycles. The molecule has 5 heteroatoms. The van der Waals surface area contributed by atoms with Gasteiger partial charge in [0.15, 0.2) is 11.5 Å². The number of hydrogen-bond acceptors (Lipinski definition) is 4. The molecule has 0 spiro atoms. The quantitative estimate of drug-likeness (QED) is 0.617. The van der Waals surface area contributed by atoms with Crippen LogP contribution in [0.1, 0.15) is 12.5 Å². The minimum Gasteiger partial charge on any atom is -0.454 e. The standard InChI is InChI=1S/C14H18BrNO3/c1-10(2)8-17-4-3-16-7-11-5-12(15)14-13(6-11)18-9-19-14/h5-6,16H,1,3-4,7-9H2,2H3. The van der Waals surface area contributed by atoms with Crippen molar-refractivity contribution in [3.8, 4) is 11.5 Å². The molecule has 19 heavy (non-hydrogen) atoms. The first-order valence-electron chi connectivity index (χ1n) is 6.17. The predicted molar refractivity (Wildman–Crippen MR) is 77.6 cm³/mol. The van der Waals surface area contributed by atoms with Gasteiger partial charge in [-0.25, -0.2) is 0 Å². The summed E-state index contributed by atoms with van der Waals surface area (Å²) in [5.41, 5.74) is 2.19. The van der Waals surface area contributed by atoms with Crippen LogP contribution in [0.2, 0.25) is 0 Å². The Morgan fingerprint density at radius 3 is 3.11 bits per heavy atom. The van der Waals surface area contributed by atoms with Crippen LogP contribution in [-0.4, -0.2) is 26.6 Å². The molecule has 0 amide bonds. The fourth-order valence-electron chi connectivity index (χ4n) is 1.75. The van der Waals surface area contributed by atoms with Crippen molar-refractivity contribution in [1.82, 2.24) is 5.32 Å². The van der Waals surface area contributed by atoms with Gasteiger partial charge in [0.2, 0.25) is 6.79 Å². The second kappa shape index (κ2) is 6.93. The molecule has 0 atom stereocenters. The molecule has 0 saturated heterocycles. The van der Waals surface area contributed by atoms with Gasteiger partial charge < -0.3 is 19.5 Å². The molecule has 0 aromatic heterocycles. The molecule has 1 aliphatic rings. The van der Waals surface area contributed by atoms with Gasteiger partial charge in [-0.2, -0.15) is 0 Å². The summed E-state index contributed by atoms with van der Waals surface area (Å²) in [4.78, 5) is 0. The number of halogens is 1. The third-order valence-electron chi connectivity index (χ3n) is 2.59. The van der Waals surface area contributed by atoms with Crippen LogP contribution < -0.4 is 14.8 Å². The Balaban J connectivity index is 1.74. The Bertz CT molecular complexity index is 462. The molecule has 1 aromatic carbocycles. The van der Waals surface area contributed by atoms with Crippen molar-refractivity contribution in [3.05, 3.63) is 34.3 Å². The van der Waals surface area contributed by atoms with Crippen molar-refractivity contribution >= 4 is 15.9 Å². The molecule has 0 fully saturated rings. The maximum Gasteiger partial charge on any atom is 0.231 e. The first-order valence-corrected chi connectivity index (χ1v) is 6.97. The lowest BCUT2D eigenvalue weighted by Gasteiger charge is -2.08. The summed E-state index contributed by atoms with van der Waals surface area (Å²) >= 11 is 3.48. The van der Waals surface area contributed by atoms with Gasteiger partial charge in [0.05, 0.1) is 17.7 Å². The van der Waals surface area contributed by atoms with Gasteiger partial charge >= 0.3 is 0 Å². The molecule has 0 aliphatic carbocycles. The molecule has 4 nitrogen and oxygen atoms in total. The Morgan fingerprint density at radius 1 is 1.47 bits per heavy atom. The number of hydrogen-bond donors (Lipinski definition) is 1. The molecular formula is C14H18BrNO3. The Morgan fingerprint density at radius 2 is 2.32 bits per heavy atom. The first-order chi connectivity index (χ1) is 9.16. The van der Waals surface area contributed by atoms with Gasteiger partial charge in [-0.05, 0) is 40.5 Å². The van der Waals surface area contributed by atoms with Crippen molar-refractivity contribution in [1.29, 1.82) is 0 Å².